The van der Waals surface area contributed by atoms with Crippen LogP contribution in [-0.4, -0.2) is 44.5 Å². The van der Waals surface area contributed by atoms with E-state index in [1.165, 1.54) is 6.26 Å². The molecular formula is C9H16BrNO2S. The van der Waals surface area contributed by atoms with E-state index in [0.717, 1.165) is 30.4 Å². The van der Waals surface area contributed by atoms with Gasteiger partial charge in [-0.15, -0.1) is 0 Å². The van der Waals surface area contributed by atoms with Crippen LogP contribution in [0, 0.1) is 0 Å². The number of sulfone groups is 1. The van der Waals surface area contributed by atoms with Crippen LogP contribution in [0.5, 0.6) is 0 Å². The van der Waals surface area contributed by atoms with Gasteiger partial charge in [-0.3, -0.25) is 4.90 Å². The van der Waals surface area contributed by atoms with Crippen LogP contribution >= 0.6 is 15.9 Å². The van der Waals surface area contributed by atoms with Gasteiger partial charge < -0.3 is 0 Å². The highest BCUT2D eigenvalue weighted by molar-refractivity contribution is 9.11. The third-order valence-electron chi connectivity index (χ3n) is 2.46. The molecule has 0 radical (unpaired) electrons. The average Bonchev–Trinajstić information content (AvgIpc) is 2.01. The Kier molecular flexibility index (Phi) is 4.15. The van der Waals surface area contributed by atoms with Gasteiger partial charge >= 0.3 is 0 Å². The number of halogens is 1. The van der Waals surface area contributed by atoms with E-state index < -0.39 is 9.84 Å². The highest BCUT2D eigenvalue weighted by Crippen LogP contribution is 2.18. The number of likely N-dealkylation sites (tertiary alicyclic amines) is 1. The van der Waals surface area contributed by atoms with Crippen LogP contribution in [0.4, 0.5) is 0 Å². The van der Waals surface area contributed by atoms with Crippen molar-refractivity contribution in [2.45, 2.75) is 18.1 Å². The summed E-state index contributed by atoms with van der Waals surface area (Å²) in [5.74, 6) is 0. The second kappa shape index (κ2) is 4.77. The zero-order valence-electron chi connectivity index (χ0n) is 8.37. The molecule has 0 bridgehead atoms. The van der Waals surface area contributed by atoms with Gasteiger partial charge in [0.25, 0.3) is 0 Å². The lowest BCUT2D eigenvalue weighted by Gasteiger charge is -2.31. The van der Waals surface area contributed by atoms with Crippen molar-refractivity contribution in [1.29, 1.82) is 0 Å². The summed E-state index contributed by atoms with van der Waals surface area (Å²) < 4.78 is 23.6. The van der Waals surface area contributed by atoms with E-state index in [2.05, 4.69) is 27.4 Å². The minimum atomic E-state index is -2.88. The zero-order chi connectivity index (χ0) is 10.8. The average molecular weight is 282 g/mol. The maximum absolute atomic E-state index is 11.4. The van der Waals surface area contributed by atoms with Gasteiger partial charge in [-0.1, -0.05) is 22.5 Å². The second-order valence-corrected chi connectivity index (χ2v) is 7.29. The molecule has 0 N–H and O–H groups in total. The first-order chi connectivity index (χ1) is 6.39. The van der Waals surface area contributed by atoms with Gasteiger partial charge in [0, 0.05) is 23.8 Å². The van der Waals surface area contributed by atoms with Crippen molar-refractivity contribution in [3.8, 4) is 0 Å². The van der Waals surface area contributed by atoms with Gasteiger partial charge in [-0.05, 0) is 19.4 Å². The van der Waals surface area contributed by atoms with Crippen LogP contribution in [-0.2, 0) is 9.84 Å². The molecule has 1 atom stereocenters. The fourth-order valence-electron chi connectivity index (χ4n) is 1.75. The summed E-state index contributed by atoms with van der Waals surface area (Å²) in [6, 6.07) is 0. The monoisotopic (exact) mass is 281 g/mol. The Balaban J connectivity index is 2.56. The number of hydrogen-bond donors (Lipinski definition) is 0. The van der Waals surface area contributed by atoms with Gasteiger partial charge in [0.15, 0.2) is 9.84 Å². The van der Waals surface area contributed by atoms with Gasteiger partial charge in [0.05, 0.1) is 5.25 Å². The largest absolute Gasteiger partial charge is 0.297 e. The fraction of sp³-hybridized carbons (Fsp3) is 0.778. The van der Waals surface area contributed by atoms with Crippen molar-refractivity contribution in [1.82, 2.24) is 4.90 Å². The van der Waals surface area contributed by atoms with E-state index in [-0.39, 0.29) is 5.25 Å². The molecule has 14 heavy (non-hydrogen) atoms. The van der Waals surface area contributed by atoms with Crippen molar-refractivity contribution in [2.24, 2.45) is 0 Å². The van der Waals surface area contributed by atoms with E-state index in [4.69, 9.17) is 0 Å². The first kappa shape index (κ1) is 12.2. The normalized spacial score (nSPS) is 24.9. The van der Waals surface area contributed by atoms with Crippen molar-refractivity contribution < 1.29 is 8.42 Å². The van der Waals surface area contributed by atoms with Crippen molar-refractivity contribution in [2.75, 3.05) is 25.9 Å². The van der Waals surface area contributed by atoms with Crippen LogP contribution in [0.15, 0.2) is 11.1 Å². The lowest BCUT2D eigenvalue weighted by Crippen LogP contribution is -2.42. The first-order valence-electron chi connectivity index (χ1n) is 4.64. The smallest absolute Gasteiger partial charge is 0.151 e. The molecule has 1 aliphatic heterocycles. The Morgan fingerprint density at radius 3 is 2.79 bits per heavy atom. The van der Waals surface area contributed by atoms with Crippen LogP contribution in [0.2, 0.25) is 0 Å². The maximum atomic E-state index is 11.4. The van der Waals surface area contributed by atoms with E-state index in [9.17, 15) is 8.42 Å². The summed E-state index contributed by atoms with van der Waals surface area (Å²) in [6.45, 7) is 6.12. The standard InChI is InChI=1S/C9H16BrNO2S/c1-8(10)6-11-5-3-4-9(7-11)14(2,12)13/h9H,1,3-7H2,2H3. The topological polar surface area (TPSA) is 37.4 Å². The third-order valence-corrected chi connectivity index (χ3v) is 4.31. The second-order valence-electron chi connectivity index (χ2n) is 3.85. The predicted octanol–water partition coefficient (Wildman–Crippen LogP) is 1.40. The minimum Gasteiger partial charge on any atom is -0.297 e. The Hall–Kier alpha value is 0.130. The first-order valence-corrected chi connectivity index (χ1v) is 7.39. The molecule has 1 saturated heterocycles. The number of rotatable bonds is 3. The van der Waals surface area contributed by atoms with E-state index in [0.29, 0.717) is 6.54 Å². The van der Waals surface area contributed by atoms with Gasteiger partial charge in [0.2, 0.25) is 0 Å². The molecule has 1 heterocycles. The molecule has 0 amide bonds. The SMILES string of the molecule is C=C(Br)CN1CCCC(S(C)(=O)=O)C1. The van der Waals surface area contributed by atoms with Crippen LogP contribution in [0.3, 0.4) is 0 Å². The third kappa shape index (κ3) is 3.71. The molecule has 0 saturated carbocycles. The van der Waals surface area contributed by atoms with Crippen LogP contribution in [0.1, 0.15) is 12.8 Å². The van der Waals surface area contributed by atoms with E-state index >= 15 is 0 Å². The minimum absolute atomic E-state index is 0.192. The van der Waals surface area contributed by atoms with Crippen LogP contribution in [0.25, 0.3) is 0 Å². The maximum Gasteiger partial charge on any atom is 0.151 e. The van der Waals surface area contributed by atoms with E-state index in [1.54, 1.807) is 0 Å². The number of nitrogens with zero attached hydrogens (tertiary/aromatic N) is 1. The molecule has 1 fully saturated rings. The molecule has 3 nitrogen and oxygen atoms in total. The summed E-state index contributed by atoms with van der Waals surface area (Å²) in [7, 11) is -2.88. The number of hydrogen-bond acceptors (Lipinski definition) is 3. The Bertz CT molecular complexity index is 313. The van der Waals surface area contributed by atoms with E-state index in [1.807, 2.05) is 0 Å². The highest BCUT2D eigenvalue weighted by Gasteiger charge is 2.27. The molecule has 0 spiro atoms. The molecule has 1 unspecified atom stereocenters. The Labute approximate surface area is 94.2 Å². The molecule has 5 heteroatoms. The molecular weight excluding hydrogens is 266 g/mol. The fourth-order valence-corrected chi connectivity index (χ4v) is 3.18. The van der Waals surface area contributed by atoms with Gasteiger partial charge in [0.1, 0.15) is 0 Å². The Morgan fingerprint density at radius 1 is 1.64 bits per heavy atom. The predicted molar refractivity (Wildman–Crippen MR) is 62.4 cm³/mol. The molecule has 82 valence electrons. The Morgan fingerprint density at radius 2 is 2.29 bits per heavy atom. The molecule has 1 aliphatic rings. The lowest BCUT2D eigenvalue weighted by atomic mass is 10.1. The summed E-state index contributed by atoms with van der Waals surface area (Å²) >= 11 is 3.29. The molecule has 0 aliphatic carbocycles. The highest BCUT2D eigenvalue weighted by atomic mass is 79.9. The number of piperidine rings is 1. The van der Waals surface area contributed by atoms with Crippen molar-refractivity contribution >= 4 is 25.8 Å². The summed E-state index contributed by atoms with van der Waals surface area (Å²) in [6.07, 6.45) is 3.08. The molecule has 0 aromatic rings. The molecule has 0 aromatic carbocycles. The van der Waals surface area contributed by atoms with Crippen molar-refractivity contribution in [3.05, 3.63) is 11.1 Å². The summed E-state index contributed by atoms with van der Waals surface area (Å²) in [5.41, 5.74) is 0. The van der Waals surface area contributed by atoms with Crippen molar-refractivity contribution in [3.63, 3.8) is 0 Å². The molecule has 0 aromatic heterocycles. The van der Waals surface area contributed by atoms with Gasteiger partial charge in [-0.2, -0.15) is 0 Å². The lowest BCUT2D eigenvalue weighted by molar-refractivity contribution is 0.252. The van der Waals surface area contributed by atoms with Crippen LogP contribution < -0.4 is 0 Å². The van der Waals surface area contributed by atoms with Gasteiger partial charge in [-0.25, -0.2) is 8.42 Å². The zero-order valence-corrected chi connectivity index (χ0v) is 10.8. The summed E-state index contributed by atoms with van der Waals surface area (Å²) in [5, 5.41) is -0.192. The summed E-state index contributed by atoms with van der Waals surface area (Å²) in [4.78, 5) is 2.13. The molecule has 1 rings (SSSR count). The quantitative estimate of drug-likeness (QED) is 0.785.